The van der Waals surface area contributed by atoms with Crippen LogP contribution in [0.1, 0.15) is 11.4 Å². The summed E-state index contributed by atoms with van der Waals surface area (Å²) in [5.74, 6) is -0.410. The monoisotopic (exact) mass is 289 g/mol. The average molecular weight is 289 g/mol. The van der Waals surface area contributed by atoms with Gasteiger partial charge in [0.1, 0.15) is 17.1 Å². The van der Waals surface area contributed by atoms with E-state index in [2.05, 4.69) is 9.97 Å². The summed E-state index contributed by atoms with van der Waals surface area (Å²) in [6, 6.07) is 7.32. The van der Waals surface area contributed by atoms with Gasteiger partial charge in [-0.25, -0.2) is 14.4 Å². The Morgan fingerprint density at radius 1 is 1.29 bits per heavy atom. The van der Waals surface area contributed by atoms with Gasteiger partial charge in [-0.1, -0.05) is 12.1 Å². The molecular weight excluding hydrogens is 273 g/mol. The van der Waals surface area contributed by atoms with Crippen LogP contribution in [0.4, 0.5) is 4.39 Å². The molecule has 2 aromatic rings. The number of halogens is 1. The Balaban J connectivity index is 2.47. The number of rotatable bonds is 5. The van der Waals surface area contributed by atoms with E-state index in [1.165, 1.54) is 31.4 Å². The molecule has 0 bridgehead atoms. The van der Waals surface area contributed by atoms with Crippen molar-refractivity contribution in [3.8, 4) is 0 Å². The Bertz CT molecular complexity index is 604. The highest BCUT2D eigenvalue weighted by Crippen LogP contribution is 2.28. The van der Waals surface area contributed by atoms with Gasteiger partial charge in [-0.3, -0.25) is 4.79 Å². The highest BCUT2D eigenvalue weighted by atomic mass is 19.1. The van der Waals surface area contributed by atoms with Crippen LogP contribution < -0.4 is 5.73 Å². The van der Waals surface area contributed by atoms with E-state index >= 15 is 0 Å². The summed E-state index contributed by atoms with van der Waals surface area (Å²) in [6.45, 7) is 0.00353. The van der Waals surface area contributed by atoms with Crippen LogP contribution in [0.2, 0.25) is 0 Å². The Labute approximate surface area is 122 Å². The molecule has 2 rings (SSSR count). The molecule has 1 heterocycles. The largest absolute Gasteiger partial charge is 0.468 e. The topological polar surface area (TPSA) is 78.1 Å². The Kier molecular flexibility index (Phi) is 4.59. The van der Waals surface area contributed by atoms with Gasteiger partial charge in [0.2, 0.25) is 0 Å². The number of carbonyl (C=O) groups excluding carboxylic acids is 1. The zero-order chi connectivity index (χ0) is 15.3. The van der Waals surface area contributed by atoms with Crippen molar-refractivity contribution in [3.05, 3.63) is 59.9 Å². The Hall–Kier alpha value is -2.34. The summed E-state index contributed by atoms with van der Waals surface area (Å²) in [5, 5.41) is 0. The molecule has 1 aromatic heterocycles. The van der Waals surface area contributed by atoms with Crippen molar-refractivity contribution in [2.75, 3.05) is 13.7 Å². The van der Waals surface area contributed by atoms with Crippen LogP contribution >= 0.6 is 0 Å². The van der Waals surface area contributed by atoms with E-state index in [0.29, 0.717) is 11.4 Å². The van der Waals surface area contributed by atoms with Gasteiger partial charge < -0.3 is 10.5 Å². The second-order valence-corrected chi connectivity index (χ2v) is 4.63. The first kappa shape index (κ1) is 15.1. The maximum absolute atomic E-state index is 13.1. The van der Waals surface area contributed by atoms with E-state index in [1.54, 1.807) is 18.5 Å². The van der Waals surface area contributed by atoms with Crippen LogP contribution in [0.3, 0.4) is 0 Å². The minimum absolute atomic E-state index is 0.00353. The van der Waals surface area contributed by atoms with Crippen molar-refractivity contribution in [1.29, 1.82) is 0 Å². The zero-order valence-electron chi connectivity index (χ0n) is 11.6. The van der Waals surface area contributed by atoms with Crippen molar-refractivity contribution in [3.63, 3.8) is 0 Å². The predicted molar refractivity (Wildman–Crippen MR) is 74.9 cm³/mol. The SMILES string of the molecule is COC(=O)C(CN)(Cc1ncccn1)c1ccc(F)cc1. The molecule has 0 saturated carbocycles. The maximum Gasteiger partial charge on any atom is 0.318 e. The average Bonchev–Trinajstić information content (AvgIpc) is 2.54. The highest BCUT2D eigenvalue weighted by molar-refractivity contribution is 5.83. The summed E-state index contributed by atoms with van der Waals surface area (Å²) in [7, 11) is 1.29. The second-order valence-electron chi connectivity index (χ2n) is 4.63. The number of hydrogen-bond donors (Lipinski definition) is 1. The van der Waals surface area contributed by atoms with Gasteiger partial charge in [-0.15, -0.1) is 0 Å². The van der Waals surface area contributed by atoms with Crippen molar-refractivity contribution in [2.45, 2.75) is 11.8 Å². The summed E-state index contributed by atoms with van der Waals surface area (Å²) >= 11 is 0. The lowest BCUT2D eigenvalue weighted by molar-refractivity contribution is -0.147. The van der Waals surface area contributed by atoms with Crippen LogP contribution in [-0.2, 0) is 21.4 Å². The van der Waals surface area contributed by atoms with E-state index in [9.17, 15) is 9.18 Å². The number of aromatic nitrogens is 2. The molecule has 110 valence electrons. The quantitative estimate of drug-likeness (QED) is 0.838. The van der Waals surface area contributed by atoms with Gasteiger partial charge in [-0.05, 0) is 23.8 Å². The third-order valence-electron chi connectivity index (χ3n) is 3.40. The second kappa shape index (κ2) is 6.41. The van der Waals surface area contributed by atoms with Gasteiger partial charge in [0.05, 0.1) is 7.11 Å². The molecule has 1 aromatic carbocycles. The van der Waals surface area contributed by atoms with E-state index in [1.807, 2.05) is 0 Å². The molecule has 21 heavy (non-hydrogen) atoms. The molecule has 0 aliphatic rings. The number of benzene rings is 1. The summed E-state index contributed by atoms with van der Waals surface area (Å²) in [4.78, 5) is 20.5. The molecule has 5 nitrogen and oxygen atoms in total. The summed E-state index contributed by atoms with van der Waals surface area (Å²) in [5.41, 5.74) is 5.29. The van der Waals surface area contributed by atoms with Crippen molar-refractivity contribution in [2.24, 2.45) is 5.73 Å². The van der Waals surface area contributed by atoms with Gasteiger partial charge in [0.25, 0.3) is 0 Å². The smallest absolute Gasteiger partial charge is 0.318 e. The zero-order valence-corrected chi connectivity index (χ0v) is 11.6. The van der Waals surface area contributed by atoms with Gasteiger partial charge in [0, 0.05) is 25.4 Å². The molecule has 0 amide bonds. The fraction of sp³-hybridized carbons (Fsp3) is 0.267. The fourth-order valence-electron chi connectivity index (χ4n) is 2.22. The number of nitrogens with two attached hydrogens (primary N) is 1. The Morgan fingerprint density at radius 3 is 2.43 bits per heavy atom. The van der Waals surface area contributed by atoms with Crippen LogP contribution in [0, 0.1) is 5.82 Å². The summed E-state index contributed by atoms with van der Waals surface area (Å²) in [6.07, 6.45) is 3.36. The maximum atomic E-state index is 13.1. The fourth-order valence-corrected chi connectivity index (χ4v) is 2.22. The molecule has 0 radical (unpaired) electrons. The third kappa shape index (κ3) is 3.05. The molecular formula is C15H16FN3O2. The van der Waals surface area contributed by atoms with Crippen molar-refractivity contribution < 1.29 is 13.9 Å². The lowest BCUT2D eigenvalue weighted by Gasteiger charge is -2.29. The molecule has 0 saturated heterocycles. The molecule has 0 spiro atoms. The van der Waals surface area contributed by atoms with Crippen LogP contribution in [-0.4, -0.2) is 29.6 Å². The number of hydrogen-bond acceptors (Lipinski definition) is 5. The van der Waals surface area contributed by atoms with Crippen molar-refractivity contribution >= 4 is 5.97 Å². The number of carbonyl (C=O) groups is 1. The lowest BCUT2D eigenvalue weighted by atomic mass is 9.77. The van der Waals surface area contributed by atoms with E-state index < -0.39 is 11.4 Å². The molecule has 1 atom stereocenters. The van der Waals surface area contributed by atoms with Gasteiger partial charge in [0.15, 0.2) is 0 Å². The molecule has 1 unspecified atom stereocenters. The first-order valence-corrected chi connectivity index (χ1v) is 6.43. The van der Waals surface area contributed by atoms with E-state index in [4.69, 9.17) is 10.5 Å². The Morgan fingerprint density at radius 2 is 1.90 bits per heavy atom. The molecule has 0 aliphatic carbocycles. The predicted octanol–water partition coefficient (Wildman–Crippen LogP) is 1.23. The molecule has 0 fully saturated rings. The van der Waals surface area contributed by atoms with Crippen LogP contribution in [0.15, 0.2) is 42.7 Å². The molecule has 6 heteroatoms. The van der Waals surface area contributed by atoms with Crippen LogP contribution in [0.25, 0.3) is 0 Å². The van der Waals surface area contributed by atoms with E-state index in [0.717, 1.165) is 0 Å². The number of methoxy groups -OCH3 is 1. The number of esters is 1. The van der Waals surface area contributed by atoms with E-state index in [-0.39, 0.29) is 18.8 Å². The first-order chi connectivity index (χ1) is 10.1. The highest BCUT2D eigenvalue weighted by Gasteiger charge is 2.41. The summed E-state index contributed by atoms with van der Waals surface area (Å²) < 4.78 is 18.0. The van der Waals surface area contributed by atoms with Crippen molar-refractivity contribution in [1.82, 2.24) is 9.97 Å². The normalized spacial score (nSPS) is 13.5. The standard InChI is InChI=1S/C15H16FN3O2/c1-21-14(20)15(10-17,9-13-18-7-2-8-19-13)11-3-5-12(16)6-4-11/h2-8H,9-10,17H2,1H3. The third-order valence-corrected chi connectivity index (χ3v) is 3.40. The number of nitrogens with zero attached hydrogens (tertiary/aromatic N) is 2. The molecule has 2 N–H and O–H groups in total. The molecule has 0 aliphatic heterocycles. The lowest BCUT2D eigenvalue weighted by Crippen LogP contribution is -2.46. The van der Waals surface area contributed by atoms with Crippen LogP contribution in [0.5, 0.6) is 0 Å². The minimum Gasteiger partial charge on any atom is -0.468 e. The minimum atomic E-state index is -1.14. The van der Waals surface area contributed by atoms with Gasteiger partial charge >= 0.3 is 5.97 Å². The first-order valence-electron chi connectivity index (χ1n) is 6.43. The van der Waals surface area contributed by atoms with Gasteiger partial charge in [-0.2, -0.15) is 0 Å². The number of ether oxygens (including phenoxy) is 1.